The van der Waals surface area contributed by atoms with Gasteiger partial charge in [0.2, 0.25) is 16.0 Å². The van der Waals surface area contributed by atoms with Gasteiger partial charge in [-0.05, 0) is 20.8 Å². The Morgan fingerprint density at radius 1 is 1.27 bits per heavy atom. The molecule has 0 saturated carbocycles. The molecule has 0 fully saturated rings. The molecule has 0 saturated heterocycles. The van der Waals surface area contributed by atoms with Gasteiger partial charge in [0.15, 0.2) is 0 Å². The van der Waals surface area contributed by atoms with Crippen LogP contribution in [0, 0.1) is 0 Å². The van der Waals surface area contributed by atoms with Crippen LogP contribution in [0.4, 0.5) is 5.95 Å². The van der Waals surface area contributed by atoms with Gasteiger partial charge in [0.25, 0.3) is 0 Å². The molecule has 0 unspecified atom stereocenters. The fourth-order valence-corrected chi connectivity index (χ4v) is 2.23. The summed E-state index contributed by atoms with van der Waals surface area (Å²) >= 11 is 0. The van der Waals surface area contributed by atoms with E-state index in [9.17, 15) is 8.42 Å². The highest BCUT2D eigenvalue weighted by Gasteiger charge is 2.22. The van der Waals surface area contributed by atoms with E-state index in [2.05, 4.69) is 14.7 Å². The summed E-state index contributed by atoms with van der Waals surface area (Å²) in [5, 5.41) is 0. The van der Waals surface area contributed by atoms with Crippen molar-refractivity contribution < 1.29 is 8.42 Å². The fraction of sp³-hybridized carbons (Fsp3) is 0.500. The minimum absolute atomic E-state index is 0.00613. The number of hydrogen-bond donors (Lipinski definition) is 2. The lowest BCUT2D eigenvalue weighted by Gasteiger charge is -2.19. The van der Waals surface area contributed by atoms with Gasteiger partial charge >= 0.3 is 0 Å². The van der Waals surface area contributed by atoms with Gasteiger partial charge in [0.1, 0.15) is 4.90 Å². The van der Waals surface area contributed by atoms with Crippen molar-refractivity contribution in [1.82, 2.24) is 14.7 Å². The summed E-state index contributed by atoms with van der Waals surface area (Å²) in [7, 11) is -3.57. The maximum absolute atomic E-state index is 11.7. The highest BCUT2D eigenvalue weighted by molar-refractivity contribution is 7.89. The quantitative estimate of drug-likeness (QED) is 0.752. The Morgan fingerprint density at radius 2 is 1.73 bits per heavy atom. The van der Waals surface area contributed by atoms with Gasteiger partial charge in [0, 0.05) is 5.54 Å². The molecule has 0 aliphatic heterocycles. The molecule has 84 valence electrons. The van der Waals surface area contributed by atoms with E-state index in [0.717, 1.165) is 0 Å². The normalized spacial score (nSPS) is 12.7. The van der Waals surface area contributed by atoms with Gasteiger partial charge in [-0.25, -0.2) is 23.1 Å². The summed E-state index contributed by atoms with van der Waals surface area (Å²) < 4.78 is 25.9. The molecule has 3 N–H and O–H groups in total. The highest BCUT2D eigenvalue weighted by Crippen LogP contribution is 2.10. The zero-order valence-electron chi connectivity index (χ0n) is 8.85. The average Bonchev–Trinajstić information content (AvgIpc) is 2.00. The van der Waals surface area contributed by atoms with Gasteiger partial charge in [-0.15, -0.1) is 0 Å². The van der Waals surface area contributed by atoms with E-state index >= 15 is 0 Å². The molecule has 1 heterocycles. The second-order valence-electron chi connectivity index (χ2n) is 4.13. The van der Waals surface area contributed by atoms with Crippen molar-refractivity contribution in [2.75, 3.05) is 5.73 Å². The Bertz CT molecular complexity index is 433. The van der Waals surface area contributed by atoms with E-state index in [1.54, 1.807) is 20.8 Å². The number of aromatic nitrogens is 2. The summed E-state index contributed by atoms with van der Waals surface area (Å²) in [6.07, 6.45) is 2.35. The van der Waals surface area contributed by atoms with Gasteiger partial charge in [-0.1, -0.05) is 0 Å². The van der Waals surface area contributed by atoms with Crippen LogP contribution in [0.2, 0.25) is 0 Å². The third-order valence-electron chi connectivity index (χ3n) is 1.40. The zero-order valence-corrected chi connectivity index (χ0v) is 9.67. The molecule has 0 atom stereocenters. The van der Waals surface area contributed by atoms with E-state index in [-0.39, 0.29) is 10.8 Å². The van der Waals surface area contributed by atoms with Crippen LogP contribution >= 0.6 is 0 Å². The van der Waals surface area contributed by atoms with E-state index in [0.29, 0.717) is 0 Å². The molecule has 0 spiro atoms. The molecule has 15 heavy (non-hydrogen) atoms. The number of nitrogens with zero attached hydrogens (tertiary/aromatic N) is 2. The van der Waals surface area contributed by atoms with Crippen molar-refractivity contribution in [3.05, 3.63) is 12.4 Å². The Morgan fingerprint density at radius 3 is 2.13 bits per heavy atom. The fourth-order valence-electron chi connectivity index (χ4n) is 0.927. The first kappa shape index (κ1) is 11.9. The van der Waals surface area contributed by atoms with E-state index in [1.807, 2.05) is 0 Å². The minimum Gasteiger partial charge on any atom is -0.368 e. The predicted octanol–water partition coefficient (Wildman–Crippen LogP) is 0.136. The second kappa shape index (κ2) is 3.74. The molecular formula is C8H14N4O2S. The molecule has 0 aliphatic rings. The van der Waals surface area contributed by atoms with Crippen molar-refractivity contribution in [2.45, 2.75) is 31.2 Å². The van der Waals surface area contributed by atoms with E-state index in [4.69, 9.17) is 5.73 Å². The summed E-state index contributed by atoms with van der Waals surface area (Å²) in [5.41, 5.74) is 4.72. The lowest BCUT2D eigenvalue weighted by Crippen LogP contribution is -2.40. The largest absolute Gasteiger partial charge is 0.368 e. The van der Waals surface area contributed by atoms with Gasteiger partial charge < -0.3 is 5.73 Å². The molecular weight excluding hydrogens is 216 g/mol. The van der Waals surface area contributed by atoms with Gasteiger partial charge in [-0.2, -0.15) is 0 Å². The van der Waals surface area contributed by atoms with Crippen LogP contribution in [0.25, 0.3) is 0 Å². The van der Waals surface area contributed by atoms with Crippen LogP contribution < -0.4 is 10.5 Å². The number of nitrogens with one attached hydrogen (secondary N) is 1. The molecule has 0 aromatic carbocycles. The van der Waals surface area contributed by atoms with Crippen LogP contribution in [-0.2, 0) is 10.0 Å². The lowest BCUT2D eigenvalue weighted by atomic mass is 10.1. The summed E-state index contributed by atoms with van der Waals surface area (Å²) in [6.45, 7) is 5.26. The van der Waals surface area contributed by atoms with Crippen molar-refractivity contribution in [2.24, 2.45) is 0 Å². The number of nitrogen functional groups attached to an aromatic ring is 1. The smallest absolute Gasteiger partial charge is 0.244 e. The molecule has 1 rings (SSSR count). The lowest BCUT2D eigenvalue weighted by molar-refractivity contribution is 0.491. The van der Waals surface area contributed by atoms with Crippen molar-refractivity contribution in [1.29, 1.82) is 0 Å². The second-order valence-corrected chi connectivity index (χ2v) is 5.81. The Kier molecular flexibility index (Phi) is 2.96. The first-order valence-electron chi connectivity index (χ1n) is 4.32. The van der Waals surface area contributed by atoms with Gasteiger partial charge in [0.05, 0.1) is 12.4 Å². The SMILES string of the molecule is CC(C)(C)NS(=O)(=O)c1cnc(N)nc1. The van der Waals surface area contributed by atoms with Crippen LogP contribution in [0.5, 0.6) is 0 Å². The first-order chi connectivity index (χ1) is 6.71. The van der Waals surface area contributed by atoms with Crippen LogP contribution in [0.3, 0.4) is 0 Å². The molecule has 0 radical (unpaired) electrons. The van der Waals surface area contributed by atoms with E-state index in [1.165, 1.54) is 12.4 Å². The number of rotatable bonds is 2. The minimum atomic E-state index is -3.57. The third-order valence-corrected chi connectivity index (χ3v) is 3.11. The van der Waals surface area contributed by atoms with E-state index < -0.39 is 15.6 Å². The monoisotopic (exact) mass is 230 g/mol. The molecule has 6 nitrogen and oxygen atoms in total. The van der Waals surface area contributed by atoms with Crippen LogP contribution in [0.1, 0.15) is 20.8 Å². The molecule has 7 heteroatoms. The first-order valence-corrected chi connectivity index (χ1v) is 5.80. The molecule has 1 aromatic heterocycles. The zero-order chi connectivity index (χ0) is 11.7. The topological polar surface area (TPSA) is 98.0 Å². The third kappa shape index (κ3) is 3.45. The van der Waals surface area contributed by atoms with Crippen molar-refractivity contribution >= 4 is 16.0 Å². The standard InChI is InChI=1S/C8H14N4O2S/c1-8(2,3)12-15(13,14)6-4-10-7(9)11-5-6/h4-5,12H,1-3H3,(H2,9,10,11). The Labute approximate surface area is 89.0 Å². The highest BCUT2D eigenvalue weighted by atomic mass is 32.2. The molecule has 1 aromatic rings. The summed E-state index contributed by atoms with van der Waals surface area (Å²) in [4.78, 5) is 7.25. The predicted molar refractivity (Wildman–Crippen MR) is 56.5 cm³/mol. The molecule has 0 amide bonds. The number of sulfonamides is 1. The summed E-state index contributed by atoms with van der Waals surface area (Å²) in [6, 6.07) is 0. The maximum Gasteiger partial charge on any atom is 0.244 e. The average molecular weight is 230 g/mol. The van der Waals surface area contributed by atoms with Crippen LogP contribution in [0.15, 0.2) is 17.3 Å². The number of hydrogen-bond acceptors (Lipinski definition) is 5. The number of nitrogens with two attached hydrogens (primary N) is 1. The maximum atomic E-state index is 11.7. The summed E-state index contributed by atoms with van der Waals surface area (Å²) in [5.74, 6) is 0.0460. The molecule has 0 aliphatic carbocycles. The Hall–Kier alpha value is -1.21. The Balaban J connectivity index is 3.02. The van der Waals surface area contributed by atoms with Crippen molar-refractivity contribution in [3.63, 3.8) is 0 Å². The number of anilines is 1. The molecule has 0 bridgehead atoms. The van der Waals surface area contributed by atoms with Gasteiger partial charge in [-0.3, -0.25) is 0 Å². The van der Waals surface area contributed by atoms with Crippen molar-refractivity contribution in [3.8, 4) is 0 Å². The van der Waals surface area contributed by atoms with Crippen LogP contribution in [-0.4, -0.2) is 23.9 Å².